The van der Waals surface area contributed by atoms with Gasteiger partial charge in [-0.3, -0.25) is 4.90 Å². The second kappa shape index (κ2) is 6.41. The molecule has 0 bridgehead atoms. The summed E-state index contributed by atoms with van der Waals surface area (Å²) in [6.45, 7) is 5.27. The van der Waals surface area contributed by atoms with E-state index in [-0.39, 0.29) is 6.10 Å². The van der Waals surface area contributed by atoms with Gasteiger partial charge in [-0.15, -0.1) is 0 Å². The Morgan fingerprint density at radius 3 is 2.68 bits per heavy atom. The van der Waals surface area contributed by atoms with E-state index in [4.69, 9.17) is 4.74 Å². The highest BCUT2D eigenvalue weighted by Gasteiger charge is 2.24. The minimum absolute atomic E-state index is 0.00409. The minimum atomic E-state index is 0.00409. The number of aryl methyl sites for hydroxylation is 1. The molecule has 2 aromatic rings. The van der Waals surface area contributed by atoms with Crippen molar-refractivity contribution in [1.82, 2.24) is 24.8 Å². The van der Waals surface area contributed by atoms with Crippen LogP contribution in [0.25, 0.3) is 0 Å². The highest BCUT2D eigenvalue weighted by Crippen LogP contribution is 2.21. The first-order valence-corrected chi connectivity index (χ1v) is 7.45. The van der Waals surface area contributed by atoms with Gasteiger partial charge >= 0.3 is 0 Å². The van der Waals surface area contributed by atoms with Crippen LogP contribution in [-0.4, -0.2) is 58.6 Å². The van der Waals surface area contributed by atoms with Crippen molar-refractivity contribution in [1.29, 1.82) is 0 Å². The molecule has 1 aliphatic heterocycles. The van der Waals surface area contributed by atoms with E-state index in [1.165, 1.54) is 0 Å². The van der Waals surface area contributed by atoms with Crippen LogP contribution in [0.15, 0.2) is 18.6 Å². The number of ether oxygens (including phenoxy) is 1. The number of aromatic amines is 1. The number of morpholine rings is 1. The fourth-order valence-electron chi connectivity index (χ4n) is 2.53. The zero-order valence-electron chi connectivity index (χ0n) is 13.3. The van der Waals surface area contributed by atoms with E-state index < -0.39 is 0 Å². The summed E-state index contributed by atoms with van der Waals surface area (Å²) in [5.74, 6) is 1.64. The van der Waals surface area contributed by atoms with Crippen LogP contribution >= 0.6 is 0 Å². The molecule has 1 aliphatic rings. The van der Waals surface area contributed by atoms with Crippen LogP contribution in [0.1, 0.15) is 23.2 Å². The second-order valence-corrected chi connectivity index (χ2v) is 5.83. The van der Waals surface area contributed by atoms with Crippen molar-refractivity contribution >= 4 is 5.95 Å². The molecule has 0 aromatic carbocycles. The largest absolute Gasteiger partial charge is 0.368 e. The lowest BCUT2D eigenvalue weighted by atomic mass is 10.2. The first-order valence-electron chi connectivity index (χ1n) is 7.45. The van der Waals surface area contributed by atoms with E-state index in [1.807, 2.05) is 44.5 Å². The zero-order chi connectivity index (χ0) is 15.5. The summed E-state index contributed by atoms with van der Waals surface area (Å²) in [4.78, 5) is 20.6. The third kappa shape index (κ3) is 3.42. The van der Waals surface area contributed by atoms with Gasteiger partial charge in [0.05, 0.1) is 6.61 Å². The van der Waals surface area contributed by atoms with Crippen molar-refractivity contribution in [3.63, 3.8) is 0 Å². The van der Waals surface area contributed by atoms with Crippen molar-refractivity contribution < 1.29 is 4.74 Å². The first-order chi connectivity index (χ1) is 10.6. The molecule has 3 heterocycles. The molecule has 118 valence electrons. The van der Waals surface area contributed by atoms with Crippen molar-refractivity contribution in [3.8, 4) is 0 Å². The van der Waals surface area contributed by atoms with Crippen molar-refractivity contribution in [2.24, 2.45) is 0 Å². The van der Waals surface area contributed by atoms with E-state index in [0.29, 0.717) is 6.61 Å². The average molecular weight is 302 g/mol. The number of aromatic nitrogens is 4. The molecule has 3 rings (SSSR count). The third-order valence-electron chi connectivity index (χ3n) is 3.68. The van der Waals surface area contributed by atoms with Crippen LogP contribution in [0.5, 0.6) is 0 Å². The Bertz CT molecular complexity index is 609. The van der Waals surface area contributed by atoms with Gasteiger partial charge in [0.25, 0.3) is 0 Å². The smallest absolute Gasteiger partial charge is 0.224 e. The van der Waals surface area contributed by atoms with Crippen LogP contribution in [0.2, 0.25) is 0 Å². The molecule has 7 nitrogen and oxygen atoms in total. The summed E-state index contributed by atoms with van der Waals surface area (Å²) in [7, 11) is 3.87. The third-order valence-corrected chi connectivity index (χ3v) is 3.68. The highest BCUT2D eigenvalue weighted by atomic mass is 16.5. The molecule has 1 fully saturated rings. The second-order valence-electron chi connectivity index (χ2n) is 5.83. The fraction of sp³-hybridized carbons (Fsp3) is 0.533. The Kier molecular flexibility index (Phi) is 4.35. The Labute approximate surface area is 130 Å². The number of anilines is 1. The maximum atomic E-state index is 5.82. The summed E-state index contributed by atoms with van der Waals surface area (Å²) in [6, 6.07) is 0. The molecule has 1 saturated heterocycles. The predicted molar refractivity (Wildman–Crippen MR) is 83.7 cm³/mol. The number of hydrogen-bond donors (Lipinski definition) is 1. The molecule has 1 N–H and O–H groups in total. The van der Waals surface area contributed by atoms with Gasteiger partial charge in [-0.1, -0.05) is 0 Å². The molecule has 7 heteroatoms. The SMILES string of the molecule is Cc1cnc(C2CN(Cc3cnc(N(C)C)nc3)CCO2)[nH]1. The van der Waals surface area contributed by atoms with Crippen molar-refractivity contribution in [2.45, 2.75) is 19.6 Å². The number of rotatable bonds is 4. The van der Waals surface area contributed by atoms with E-state index in [1.54, 1.807) is 0 Å². The number of H-pyrrole nitrogens is 1. The van der Waals surface area contributed by atoms with E-state index in [2.05, 4.69) is 24.8 Å². The molecule has 22 heavy (non-hydrogen) atoms. The van der Waals surface area contributed by atoms with Crippen LogP contribution in [-0.2, 0) is 11.3 Å². The van der Waals surface area contributed by atoms with Gasteiger partial charge < -0.3 is 14.6 Å². The van der Waals surface area contributed by atoms with Crippen LogP contribution < -0.4 is 4.90 Å². The lowest BCUT2D eigenvalue weighted by Crippen LogP contribution is -2.38. The van der Waals surface area contributed by atoms with E-state index in [9.17, 15) is 0 Å². The van der Waals surface area contributed by atoms with Gasteiger partial charge in [0.1, 0.15) is 11.9 Å². The lowest BCUT2D eigenvalue weighted by Gasteiger charge is -2.31. The number of imidazole rings is 1. The molecular formula is C15H22N6O. The average Bonchev–Trinajstić information content (AvgIpc) is 2.95. The topological polar surface area (TPSA) is 70.2 Å². The van der Waals surface area contributed by atoms with E-state index in [0.717, 1.165) is 42.7 Å². The lowest BCUT2D eigenvalue weighted by molar-refractivity contribution is -0.0369. The maximum absolute atomic E-state index is 5.82. The Morgan fingerprint density at radius 2 is 2.05 bits per heavy atom. The Balaban J connectivity index is 1.62. The van der Waals surface area contributed by atoms with Gasteiger partial charge in [-0.2, -0.15) is 0 Å². The Morgan fingerprint density at radius 1 is 1.27 bits per heavy atom. The highest BCUT2D eigenvalue weighted by molar-refractivity contribution is 5.26. The van der Waals surface area contributed by atoms with Crippen LogP contribution in [0, 0.1) is 6.92 Å². The molecule has 0 radical (unpaired) electrons. The summed E-state index contributed by atoms with van der Waals surface area (Å²) in [5.41, 5.74) is 2.17. The first kappa shape index (κ1) is 14.9. The summed E-state index contributed by atoms with van der Waals surface area (Å²) >= 11 is 0. The van der Waals surface area contributed by atoms with Gasteiger partial charge in [0.2, 0.25) is 5.95 Å². The van der Waals surface area contributed by atoms with Gasteiger partial charge in [0.15, 0.2) is 0 Å². The van der Waals surface area contributed by atoms with Crippen LogP contribution in [0.4, 0.5) is 5.95 Å². The quantitative estimate of drug-likeness (QED) is 0.913. The van der Waals surface area contributed by atoms with Gasteiger partial charge in [-0.25, -0.2) is 15.0 Å². The molecule has 0 saturated carbocycles. The molecule has 1 atom stereocenters. The summed E-state index contributed by atoms with van der Waals surface area (Å²) < 4.78 is 5.82. The fourth-order valence-corrected chi connectivity index (χ4v) is 2.53. The summed E-state index contributed by atoms with van der Waals surface area (Å²) in [6.07, 6.45) is 5.63. The number of hydrogen-bond acceptors (Lipinski definition) is 6. The Hall–Kier alpha value is -1.99. The molecular weight excluding hydrogens is 280 g/mol. The van der Waals surface area contributed by atoms with Crippen LogP contribution in [0.3, 0.4) is 0 Å². The number of nitrogens with zero attached hydrogens (tertiary/aromatic N) is 5. The molecule has 0 amide bonds. The van der Waals surface area contributed by atoms with E-state index >= 15 is 0 Å². The molecule has 1 unspecified atom stereocenters. The standard InChI is InChI=1S/C15H22N6O/c1-11-6-16-14(19-11)13-10-21(4-5-22-13)9-12-7-17-15(18-8-12)20(2)3/h6-8,13H,4-5,9-10H2,1-3H3,(H,16,19). The normalized spacial score (nSPS) is 19.3. The van der Waals surface area contributed by atoms with Gasteiger partial charge in [0, 0.05) is 63.6 Å². The summed E-state index contributed by atoms with van der Waals surface area (Å²) in [5, 5.41) is 0. The molecule has 2 aromatic heterocycles. The molecule has 0 spiro atoms. The van der Waals surface area contributed by atoms with Crippen molar-refractivity contribution in [3.05, 3.63) is 35.7 Å². The van der Waals surface area contributed by atoms with Gasteiger partial charge in [-0.05, 0) is 6.92 Å². The molecule has 0 aliphatic carbocycles. The predicted octanol–water partition coefficient (Wildman–Crippen LogP) is 1.15. The monoisotopic (exact) mass is 302 g/mol. The van der Waals surface area contributed by atoms with Crippen molar-refractivity contribution in [2.75, 3.05) is 38.7 Å². The number of nitrogens with one attached hydrogen (secondary N) is 1. The minimum Gasteiger partial charge on any atom is -0.368 e. The zero-order valence-corrected chi connectivity index (χ0v) is 13.3. The maximum Gasteiger partial charge on any atom is 0.224 e.